The summed E-state index contributed by atoms with van der Waals surface area (Å²) >= 11 is 12.3. The van der Waals surface area contributed by atoms with Crippen LogP contribution in [0.1, 0.15) is 71.4 Å². The molecule has 0 spiro atoms. The van der Waals surface area contributed by atoms with E-state index in [4.69, 9.17) is 32.7 Å². The molecule has 160 valence electrons. The highest BCUT2D eigenvalue weighted by atomic mass is 35.5. The van der Waals surface area contributed by atoms with Gasteiger partial charge >= 0.3 is 11.9 Å². The largest absolute Gasteiger partial charge is 0.462 e. The van der Waals surface area contributed by atoms with Crippen LogP contribution in [0.5, 0.6) is 0 Å². The third-order valence-electron chi connectivity index (χ3n) is 4.47. The van der Waals surface area contributed by atoms with E-state index >= 15 is 0 Å². The molecule has 2 aromatic rings. The van der Waals surface area contributed by atoms with Crippen LogP contribution in [-0.2, 0) is 9.47 Å². The van der Waals surface area contributed by atoms with Gasteiger partial charge in [0.2, 0.25) is 0 Å². The number of ether oxygens (including phenoxy) is 2. The molecule has 4 nitrogen and oxygen atoms in total. The van der Waals surface area contributed by atoms with Gasteiger partial charge in [0.05, 0.1) is 24.3 Å². The molecule has 0 aromatic heterocycles. The van der Waals surface area contributed by atoms with E-state index in [2.05, 4.69) is 0 Å². The Morgan fingerprint density at radius 2 is 1.00 bits per heavy atom. The minimum Gasteiger partial charge on any atom is -0.462 e. The van der Waals surface area contributed by atoms with Crippen LogP contribution in [0.25, 0.3) is 5.57 Å². The number of hydrogen-bond donors (Lipinski definition) is 0. The smallest absolute Gasteiger partial charge is 0.338 e. The quantitative estimate of drug-likeness (QED) is 0.296. The number of hydrogen-bond acceptors (Lipinski definition) is 4. The van der Waals surface area contributed by atoms with Gasteiger partial charge in [-0.05, 0) is 48.2 Å². The highest BCUT2D eigenvalue weighted by molar-refractivity contribution is 6.59. The van der Waals surface area contributed by atoms with Crippen molar-refractivity contribution in [2.24, 2.45) is 0 Å². The third-order valence-corrected chi connectivity index (χ3v) is 4.85. The van der Waals surface area contributed by atoms with Crippen molar-refractivity contribution in [1.29, 1.82) is 0 Å². The first-order valence-corrected chi connectivity index (χ1v) is 10.8. The number of carbonyl (C=O) groups is 2. The van der Waals surface area contributed by atoms with E-state index in [9.17, 15) is 9.59 Å². The Morgan fingerprint density at radius 3 is 1.30 bits per heavy atom. The van der Waals surface area contributed by atoms with E-state index in [-0.39, 0.29) is 16.4 Å². The first-order valence-electron chi connectivity index (χ1n) is 10.1. The lowest BCUT2D eigenvalue weighted by atomic mass is 9.97. The fourth-order valence-electron chi connectivity index (χ4n) is 2.72. The summed E-state index contributed by atoms with van der Waals surface area (Å²) < 4.78 is 10.5. The van der Waals surface area contributed by atoms with Gasteiger partial charge < -0.3 is 9.47 Å². The highest BCUT2D eigenvalue weighted by Crippen LogP contribution is 2.31. The highest BCUT2D eigenvalue weighted by Gasteiger charge is 2.14. The number of carbonyl (C=O) groups excluding carboxylic acids is 2. The molecule has 0 bridgehead atoms. The Morgan fingerprint density at radius 1 is 0.667 bits per heavy atom. The first kappa shape index (κ1) is 24.0. The molecule has 0 aliphatic carbocycles. The van der Waals surface area contributed by atoms with Crippen LogP contribution in [0.4, 0.5) is 0 Å². The fourth-order valence-corrected chi connectivity index (χ4v) is 3.15. The maximum Gasteiger partial charge on any atom is 0.338 e. The molecular weight excluding hydrogens is 423 g/mol. The van der Waals surface area contributed by atoms with Crippen LogP contribution in [0, 0.1) is 0 Å². The van der Waals surface area contributed by atoms with Crippen LogP contribution >= 0.6 is 23.2 Å². The van der Waals surface area contributed by atoms with E-state index in [0.717, 1.165) is 36.8 Å². The minimum absolute atomic E-state index is 0.0894. The van der Waals surface area contributed by atoms with E-state index < -0.39 is 0 Å². The Balaban J connectivity index is 2.15. The van der Waals surface area contributed by atoms with Gasteiger partial charge in [0.15, 0.2) is 0 Å². The summed E-state index contributed by atoms with van der Waals surface area (Å²) in [6.07, 6.45) is 3.59. The minimum atomic E-state index is -0.358. The molecule has 0 unspecified atom stereocenters. The first-order chi connectivity index (χ1) is 14.5. The second kappa shape index (κ2) is 12.4. The van der Waals surface area contributed by atoms with Crippen LogP contribution in [-0.4, -0.2) is 25.2 Å². The second-order valence-corrected chi connectivity index (χ2v) is 7.72. The molecule has 30 heavy (non-hydrogen) atoms. The molecule has 0 fully saturated rings. The van der Waals surface area contributed by atoms with Crippen molar-refractivity contribution in [1.82, 2.24) is 0 Å². The normalized spacial score (nSPS) is 10.4. The Bertz CT molecular complexity index is 800. The molecule has 0 saturated heterocycles. The molecule has 0 amide bonds. The zero-order chi connectivity index (χ0) is 21.9. The lowest BCUT2D eigenvalue weighted by Gasteiger charge is -2.11. The van der Waals surface area contributed by atoms with Crippen molar-refractivity contribution in [2.75, 3.05) is 13.2 Å². The maximum atomic E-state index is 12.1. The predicted octanol–water partition coefficient (Wildman–Crippen LogP) is 6.79. The van der Waals surface area contributed by atoms with Crippen LogP contribution in [0.15, 0.2) is 53.0 Å². The van der Waals surface area contributed by atoms with Gasteiger partial charge in [0.25, 0.3) is 0 Å². The summed E-state index contributed by atoms with van der Waals surface area (Å²) in [5.41, 5.74) is 3.03. The Labute approximate surface area is 187 Å². The van der Waals surface area contributed by atoms with Gasteiger partial charge in [-0.25, -0.2) is 9.59 Å². The van der Waals surface area contributed by atoms with Crippen LogP contribution in [0.2, 0.25) is 0 Å². The van der Waals surface area contributed by atoms with E-state index in [1.165, 1.54) is 0 Å². The van der Waals surface area contributed by atoms with Crippen molar-refractivity contribution < 1.29 is 19.1 Å². The van der Waals surface area contributed by atoms with Crippen molar-refractivity contribution in [3.05, 3.63) is 75.3 Å². The summed E-state index contributed by atoms with van der Waals surface area (Å²) in [4.78, 5) is 24.1. The number of esters is 2. The van der Waals surface area contributed by atoms with Crippen LogP contribution < -0.4 is 0 Å². The van der Waals surface area contributed by atoms with Crippen molar-refractivity contribution in [3.63, 3.8) is 0 Å². The number of benzene rings is 2. The predicted molar refractivity (Wildman–Crippen MR) is 121 cm³/mol. The van der Waals surface area contributed by atoms with Gasteiger partial charge in [0, 0.05) is 5.57 Å². The lowest BCUT2D eigenvalue weighted by Crippen LogP contribution is -2.06. The summed E-state index contributed by atoms with van der Waals surface area (Å²) in [6.45, 7) is 4.88. The van der Waals surface area contributed by atoms with E-state index in [0.29, 0.717) is 29.9 Å². The Kier molecular flexibility index (Phi) is 9.92. The average molecular weight is 449 g/mol. The van der Waals surface area contributed by atoms with Gasteiger partial charge in [0.1, 0.15) is 4.49 Å². The monoisotopic (exact) mass is 448 g/mol. The molecule has 0 aliphatic rings. The summed E-state index contributed by atoms with van der Waals surface area (Å²) in [5, 5.41) is 0. The van der Waals surface area contributed by atoms with E-state index in [1.54, 1.807) is 48.5 Å². The molecule has 6 heteroatoms. The standard InChI is InChI=1S/C24H26Cl2O4/c1-3-5-15-29-23(27)19-11-7-17(8-12-19)21(22(25)26)18-9-13-20(14-10-18)24(28)30-16-6-4-2/h7-14H,3-6,15-16H2,1-2H3. The molecular formula is C24H26Cl2O4. The molecule has 0 radical (unpaired) electrons. The average Bonchev–Trinajstić information content (AvgIpc) is 2.75. The molecule has 2 aromatic carbocycles. The molecule has 0 N–H and O–H groups in total. The summed E-state index contributed by atoms with van der Waals surface area (Å²) in [5.74, 6) is -0.716. The van der Waals surface area contributed by atoms with Gasteiger partial charge in [-0.1, -0.05) is 74.2 Å². The second-order valence-electron chi connectivity index (χ2n) is 6.77. The Hall–Kier alpha value is -2.30. The van der Waals surface area contributed by atoms with Gasteiger partial charge in [-0.3, -0.25) is 0 Å². The molecule has 0 atom stereocenters. The topological polar surface area (TPSA) is 52.6 Å². The van der Waals surface area contributed by atoms with Crippen molar-refractivity contribution >= 4 is 40.7 Å². The third kappa shape index (κ3) is 6.89. The summed E-state index contributed by atoms with van der Waals surface area (Å²) in [7, 11) is 0. The molecule has 0 saturated carbocycles. The zero-order valence-corrected chi connectivity index (χ0v) is 18.8. The number of unbranched alkanes of at least 4 members (excludes halogenated alkanes) is 2. The molecule has 0 heterocycles. The van der Waals surface area contributed by atoms with E-state index in [1.807, 2.05) is 13.8 Å². The maximum absolute atomic E-state index is 12.1. The van der Waals surface area contributed by atoms with Gasteiger partial charge in [-0.15, -0.1) is 0 Å². The van der Waals surface area contributed by atoms with Crippen molar-refractivity contribution in [2.45, 2.75) is 39.5 Å². The zero-order valence-electron chi connectivity index (χ0n) is 17.3. The fraction of sp³-hybridized carbons (Fsp3) is 0.333. The SMILES string of the molecule is CCCCOC(=O)c1ccc(C(=C(Cl)Cl)c2ccc(C(=O)OCCCC)cc2)cc1. The van der Waals surface area contributed by atoms with Crippen LogP contribution in [0.3, 0.4) is 0 Å². The lowest BCUT2D eigenvalue weighted by molar-refractivity contribution is 0.0490. The number of halogens is 2. The summed E-state index contributed by atoms with van der Waals surface area (Å²) in [6, 6.07) is 13.8. The molecule has 2 rings (SSSR count). The molecule has 0 aliphatic heterocycles. The number of rotatable bonds is 10. The van der Waals surface area contributed by atoms with Crippen molar-refractivity contribution in [3.8, 4) is 0 Å². The van der Waals surface area contributed by atoms with Gasteiger partial charge in [-0.2, -0.15) is 0 Å².